The van der Waals surface area contributed by atoms with E-state index in [1.807, 2.05) is 14.0 Å². The summed E-state index contributed by atoms with van der Waals surface area (Å²) in [6.45, 7) is 3.10. The average Bonchev–Trinajstić information content (AvgIpc) is 2.64. The lowest BCUT2D eigenvalue weighted by Crippen LogP contribution is -2.15. The van der Waals surface area contributed by atoms with Gasteiger partial charge in [-0.3, -0.25) is 4.68 Å². The molecule has 7 heteroatoms. The summed E-state index contributed by atoms with van der Waals surface area (Å²) in [7, 11) is -1.28. The number of hydrogen-bond acceptors (Lipinski definition) is 4. The molecule has 0 saturated heterocycles. The molecule has 0 fully saturated rings. The third-order valence-corrected chi connectivity index (χ3v) is 4.85. The van der Waals surface area contributed by atoms with E-state index in [0.717, 1.165) is 17.0 Å². The van der Waals surface area contributed by atoms with Crippen molar-refractivity contribution in [1.29, 1.82) is 0 Å². The predicted octanol–water partition coefficient (Wildman–Crippen LogP) is 2.08. The van der Waals surface area contributed by atoms with Crippen molar-refractivity contribution in [3.05, 3.63) is 46.2 Å². The third-order valence-electron chi connectivity index (χ3n) is 3.23. The van der Waals surface area contributed by atoms with Gasteiger partial charge in [-0.15, -0.1) is 0 Å². The van der Waals surface area contributed by atoms with Gasteiger partial charge in [-0.25, -0.2) is 8.42 Å². The Morgan fingerprint density at radius 1 is 1.24 bits per heavy atom. The van der Waals surface area contributed by atoms with Crippen LogP contribution in [0.1, 0.15) is 17.0 Å². The molecule has 2 aromatic rings. The van der Waals surface area contributed by atoms with Crippen LogP contribution in [-0.4, -0.2) is 24.5 Å². The maximum atomic E-state index is 11.4. The Labute approximate surface area is 129 Å². The fraction of sp³-hybridized carbons (Fsp3) is 0.357. The van der Waals surface area contributed by atoms with E-state index in [-0.39, 0.29) is 0 Å². The van der Waals surface area contributed by atoms with Crippen molar-refractivity contribution in [2.24, 2.45) is 7.05 Å². The molecule has 0 aliphatic rings. The SMILES string of the molecule is Cc1nn(C)c(CNCc2ccc(S(C)(=O)=O)cc2)c1Cl. The Kier molecular flexibility index (Phi) is 4.70. The zero-order valence-electron chi connectivity index (χ0n) is 12.2. The smallest absolute Gasteiger partial charge is 0.175 e. The van der Waals surface area contributed by atoms with Crippen molar-refractivity contribution >= 4 is 21.4 Å². The van der Waals surface area contributed by atoms with Gasteiger partial charge in [0.15, 0.2) is 9.84 Å². The van der Waals surface area contributed by atoms with E-state index in [4.69, 9.17) is 11.6 Å². The molecule has 0 spiro atoms. The highest BCUT2D eigenvalue weighted by Gasteiger charge is 2.10. The first-order valence-corrected chi connectivity index (χ1v) is 8.73. The zero-order valence-corrected chi connectivity index (χ0v) is 13.8. The van der Waals surface area contributed by atoms with E-state index in [9.17, 15) is 8.42 Å². The van der Waals surface area contributed by atoms with E-state index < -0.39 is 9.84 Å². The quantitative estimate of drug-likeness (QED) is 0.913. The molecule has 0 atom stereocenters. The molecule has 1 aromatic heterocycles. The molecule has 0 aliphatic carbocycles. The van der Waals surface area contributed by atoms with Crippen molar-refractivity contribution in [2.45, 2.75) is 24.9 Å². The Morgan fingerprint density at radius 2 is 1.86 bits per heavy atom. The molecule has 21 heavy (non-hydrogen) atoms. The molecule has 0 bridgehead atoms. The molecule has 1 N–H and O–H groups in total. The van der Waals surface area contributed by atoms with Gasteiger partial charge < -0.3 is 5.32 Å². The molecule has 1 aromatic carbocycles. The second-order valence-electron chi connectivity index (χ2n) is 4.99. The lowest BCUT2D eigenvalue weighted by Gasteiger charge is -2.07. The topological polar surface area (TPSA) is 64.0 Å². The summed E-state index contributed by atoms with van der Waals surface area (Å²) in [6, 6.07) is 6.85. The minimum absolute atomic E-state index is 0.330. The third kappa shape index (κ3) is 3.84. The van der Waals surface area contributed by atoms with Crippen LogP contribution in [-0.2, 0) is 30.0 Å². The van der Waals surface area contributed by atoms with Crippen LogP contribution in [0.2, 0.25) is 5.02 Å². The van der Waals surface area contributed by atoms with Gasteiger partial charge in [0, 0.05) is 26.4 Å². The number of sulfone groups is 1. The molecular weight excluding hydrogens is 310 g/mol. The van der Waals surface area contributed by atoms with E-state index in [0.29, 0.717) is 23.0 Å². The molecule has 2 rings (SSSR count). The van der Waals surface area contributed by atoms with E-state index >= 15 is 0 Å². The van der Waals surface area contributed by atoms with Gasteiger partial charge in [0.05, 0.1) is 21.3 Å². The molecule has 1 heterocycles. The van der Waals surface area contributed by atoms with Gasteiger partial charge >= 0.3 is 0 Å². The summed E-state index contributed by atoms with van der Waals surface area (Å²) >= 11 is 6.18. The van der Waals surface area contributed by atoms with Gasteiger partial charge in [0.1, 0.15) is 0 Å². The van der Waals surface area contributed by atoms with Gasteiger partial charge in [0.2, 0.25) is 0 Å². The lowest BCUT2D eigenvalue weighted by molar-refractivity contribution is 0.601. The predicted molar refractivity (Wildman–Crippen MR) is 83.1 cm³/mol. The number of nitrogens with one attached hydrogen (secondary N) is 1. The first kappa shape index (κ1) is 16.0. The standard InChI is InChI=1S/C14H18ClN3O2S/c1-10-14(15)13(18(2)17-10)9-16-8-11-4-6-12(7-5-11)21(3,19)20/h4-7,16H,8-9H2,1-3H3. The molecule has 5 nitrogen and oxygen atoms in total. The lowest BCUT2D eigenvalue weighted by atomic mass is 10.2. The van der Waals surface area contributed by atoms with E-state index in [2.05, 4.69) is 10.4 Å². The second kappa shape index (κ2) is 6.17. The van der Waals surface area contributed by atoms with Crippen molar-refractivity contribution in [3.63, 3.8) is 0 Å². The first-order chi connectivity index (χ1) is 9.79. The van der Waals surface area contributed by atoms with Gasteiger partial charge in [-0.05, 0) is 24.6 Å². The molecule has 0 radical (unpaired) electrons. The average molecular weight is 328 g/mol. The van der Waals surface area contributed by atoms with Crippen LogP contribution in [0.4, 0.5) is 0 Å². The number of aryl methyl sites for hydroxylation is 2. The number of aromatic nitrogens is 2. The Hall–Kier alpha value is -1.37. The van der Waals surface area contributed by atoms with Crippen LogP contribution >= 0.6 is 11.6 Å². The highest BCUT2D eigenvalue weighted by atomic mass is 35.5. The molecule has 114 valence electrons. The summed E-state index contributed by atoms with van der Waals surface area (Å²) in [5, 5.41) is 8.21. The van der Waals surface area contributed by atoms with Crippen LogP contribution in [0.15, 0.2) is 29.2 Å². The van der Waals surface area contributed by atoms with Gasteiger partial charge in [-0.1, -0.05) is 23.7 Å². The summed E-state index contributed by atoms with van der Waals surface area (Å²) in [6.07, 6.45) is 1.20. The van der Waals surface area contributed by atoms with Crippen molar-refractivity contribution < 1.29 is 8.42 Å². The molecular formula is C14H18ClN3O2S. The largest absolute Gasteiger partial charge is 0.307 e. The van der Waals surface area contributed by atoms with Crippen LogP contribution in [0.5, 0.6) is 0 Å². The highest BCUT2D eigenvalue weighted by Crippen LogP contribution is 2.19. The first-order valence-electron chi connectivity index (χ1n) is 6.46. The van der Waals surface area contributed by atoms with Crippen LogP contribution in [0.3, 0.4) is 0 Å². The molecule has 0 aliphatic heterocycles. The summed E-state index contributed by atoms with van der Waals surface area (Å²) in [4.78, 5) is 0.330. The van der Waals surface area contributed by atoms with Crippen molar-refractivity contribution in [3.8, 4) is 0 Å². The summed E-state index contributed by atoms with van der Waals surface area (Å²) in [5.74, 6) is 0. The highest BCUT2D eigenvalue weighted by molar-refractivity contribution is 7.90. The van der Waals surface area contributed by atoms with Crippen molar-refractivity contribution in [1.82, 2.24) is 15.1 Å². The fourth-order valence-electron chi connectivity index (χ4n) is 2.05. The number of hydrogen-bond donors (Lipinski definition) is 1. The van der Waals surface area contributed by atoms with Crippen LogP contribution in [0, 0.1) is 6.92 Å². The van der Waals surface area contributed by atoms with Crippen LogP contribution < -0.4 is 5.32 Å². The number of rotatable bonds is 5. The number of halogens is 1. The molecule has 0 unspecified atom stereocenters. The Balaban J connectivity index is 1.98. The Morgan fingerprint density at radius 3 is 2.33 bits per heavy atom. The van der Waals surface area contributed by atoms with E-state index in [1.54, 1.807) is 28.9 Å². The minimum atomic E-state index is -3.14. The minimum Gasteiger partial charge on any atom is -0.307 e. The fourth-order valence-corrected chi connectivity index (χ4v) is 2.91. The molecule has 0 amide bonds. The zero-order chi connectivity index (χ0) is 15.6. The van der Waals surface area contributed by atoms with Gasteiger partial charge in [0.25, 0.3) is 0 Å². The molecule has 0 saturated carbocycles. The number of nitrogens with zero attached hydrogens (tertiary/aromatic N) is 2. The normalized spacial score (nSPS) is 11.8. The number of benzene rings is 1. The summed E-state index contributed by atoms with van der Waals surface area (Å²) in [5.41, 5.74) is 2.76. The van der Waals surface area contributed by atoms with Crippen LogP contribution in [0.25, 0.3) is 0 Å². The maximum Gasteiger partial charge on any atom is 0.175 e. The van der Waals surface area contributed by atoms with Gasteiger partial charge in [-0.2, -0.15) is 5.10 Å². The van der Waals surface area contributed by atoms with Crippen molar-refractivity contribution in [2.75, 3.05) is 6.26 Å². The monoisotopic (exact) mass is 327 g/mol. The maximum absolute atomic E-state index is 11.4. The second-order valence-corrected chi connectivity index (χ2v) is 7.38. The Bertz CT molecular complexity index is 736. The van der Waals surface area contributed by atoms with E-state index in [1.165, 1.54) is 6.26 Å². The summed E-state index contributed by atoms with van der Waals surface area (Å²) < 4.78 is 24.5.